The van der Waals surface area contributed by atoms with Gasteiger partial charge in [-0.1, -0.05) is 12.1 Å². The van der Waals surface area contributed by atoms with Crippen molar-refractivity contribution in [2.75, 3.05) is 12.3 Å². The molecule has 0 bridgehead atoms. The molecule has 2 heterocycles. The lowest BCUT2D eigenvalue weighted by Gasteiger charge is -2.18. The summed E-state index contributed by atoms with van der Waals surface area (Å²) in [7, 11) is -2.88. The van der Waals surface area contributed by atoms with E-state index in [0.29, 0.717) is 12.3 Å². The summed E-state index contributed by atoms with van der Waals surface area (Å²) in [6.45, 7) is 4.57. The number of sulfone groups is 1. The second kappa shape index (κ2) is 6.45. The van der Waals surface area contributed by atoms with Crippen LogP contribution in [0.1, 0.15) is 37.2 Å². The molecule has 1 aromatic heterocycles. The topological polar surface area (TPSA) is 64.0 Å². The van der Waals surface area contributed by atoms with Crippen molar-refractivity contribution in [1.82, 2.24) is 14.9 Å². The lowest BCUT2D eigenvalue weighted by molar-refractivity contribution is 0.538. The number of aromatic nitrogens is 2. The van der Waals surface area contributed by atoms with Crippen LogP contribution in [0.15, 0.2) is 36.7 Å². The highest BCUT2D eigenvalue weighted by molar-refractivity contribution is 7.92. The molecule has 1 fully saturated rings. The molecule has 0 radical (unpaired) electrons. The van der Waals surface area contributed by atoms with Crippen molar-refractivity contribution < 1.29 is 8.42 Å². The molecule has 1 aromatic carbocycles. The number of benzene rings is 1. The average Bonchev–Trinajstić information content (AvgIpc) is 3.10. The number of imidazole rings is 1. The fraction of sp³-hybridized carbons (Fsp3) is 0.471. The van der Waals surface area contributed by atoms with Gasteiger partial charge in [-0.05, 0) is 44.4 Å². The van der Waals surface area contributed by atoms with Gasteiger partial charge in [-0.25, -0.2) is 13.4 Å². The van der Waals surface area contributed by atoms with Crippen LogP contribution < -0.4 is 5.32 Å². The summed E-state index contributed by atoms with van der Waals surface area (Å²) in [6, 6.07) is 8.41. The van der Waals surface area contributed by atoms with E-state index in [1.54, 1.807) is 6.20 Å². The highest BCUT2D eigenvalue weighted by Gasteiger charge is 2.31. The maximum atomic E-state index is 11.9. The molecule has 1 N–H and O–H groups in total. The highest BCUT2D eigenvalue weighted by Crippen LogP contribution is 2.21. The smallest absolute Gasteiger partial charge is 0.154 e. The molecule has 0 unspecified atom stereocenters. The van der Waals surface area contributed by atoms with Crippen LogP contribution in [0, 0.1) is 6.92 Å². The van der Waals surface area contributed by atoms with Crippen LogP contribution in [-0.4, -0.2) is 35.5 Å². The maximum Gasteiger partial charge on any atom is 0.154 e. The van der Waals surface area contributed by atoms with Crippen LogP contribution in [0.5, 0.6) is 0 Å². The van der Waals surface area contributed by atoms with Gasteiger partial charge < -0.3 is 9.88 Å². The Hall–Kier alpha value is -1.66. The van der Waals surface area contributed by atoms with Crippen LogP contribution >= 0.6 is 0 Å². The molecule has 0 spiro atoms. The molecular formula is C17H23N3O2S. The molecule has 0 saturated carbocycles. The van der Waals surface area contributed by atoms with Gasteiger partial charge in [0.05, 0.1) is 11.0 Å². The first-order chi connectivity index (χ1) is 11.0. The second-order valence-corrected chi connectivity index (χ2v) is 8.60. The number of rotatable bonds is 5. The van der Waals surface area contributed by atoms with E-state index in [1.165, 1.54) is 0 Å². The molecule has 5 nitrogen and oxygen atoms in total. The van der Waals surface area contributed by atoms with E-state index in [2.05, 4.69) is 41.5 Å². The van der Waals surface area contributed by atoms with E-state index in [9.17, 15) is 8.42 Å². The molecular weight excluding hydrogens is 310 g/mol. The number of aryl methyl sites for hydroxylation is 1. The monoisotopic (exact) mass is 333 g/mol. The highest BCUT2D eigenvalue weighted by atomic mass is 32.2. The summed E-state index contributed by atoms with van der Waals surface area (Å²) >= 11 is 0. The van der Waals surface area contributed by atoms with E-state index < -0.39 is 9.84 Å². The van der Waals surface area contributed by atoms with Crippen LogP contribution in [0.25, 0.3) is 5.69 Å². The van der Waals surface area contributed by atoms with Crippen LogP contribution in [0.3, 0.4) is 0 Å². The number of nitrogens with zero attached hydrogens (tertiary/aromatic N) is 2. The normalized spacial score (nSPS) is 21.4. The molecule has 3 rings (SSSR count). The second-order valence-electron chi connectivity index (χ2n) is 6.20. The first-order valence-electron chi connectivity index (χ1n) is 8.02. The molecule has 6 heteroatoms. The minimum absolute atomic E-state index is 0.128. The third kappa shape index (κ3) is 3.48. The van der Waals surface area contributed by atoms with E-state index in [0.717, 1.165) is 29.9 Å². The van der Waals surface area contributed by atoms with Crippen molar-refractivity contribution in [3.8, 4) is 5.69 Å². The van der Waals surface area contributed by atoms with Crippen molar-refractivity contribution >= 4 is 9.84 Å². The summed E-state index contributed by atoms with van der Waals surface area (Å²) in [5, 5.41) is 3.14. The predicted molar refractivity (Wildman–Crippen MR) is 91.5 cm³/mol. The first kappa shape index (κ1) is 16.2. The van der Waals surface area contributed by atoms with Gasteiger partial charge in [0.15, 0.2) is 9.84 Å². The van der Waals surface area contributed by atoms with Crippen LogP contribution in [-0.2, 0) is 9.84 Å². The van der Waals surface area contributed by atoms with Gasteiger partial charge in [-0.15, -0.1) is 0 Å². The van der Waals surface area contributed by atoms with Crippen molar-refractivity contribution in [2.45, 2.75) is 38.0 Å². The fourth-order valence-corrected chi connectivity index (χ4v) is 4.87. The van der Waals surface area contributed by atoms with Crippen LogP contribution in [0.4, 0.5) is 0 Å². The molecule has 124 valence electrons. The zero-order chi connectivity index (χ0) is 16.4. The summed E-state index contributed by atoms with van der Waals surface area (Å²) in [4.78, 5) is 4.23. The standard InChI is InChI=1S/C17H23N3O2S/c1-13(19-12-17-4-3-11-23(17,21)22)15-5-7-16(8-6-15)20-10-9-18-14(20)2/h5-10,13,17,19H,3-4,11-12H2,1-2H3/t13-,17-/m1/s1. The van der Waals surface area contributed by atoms with E-state index >= 15 is 0 Å². The Balaban J connectivity index is 1.64. The lowest BCUT2D eigenvalue weighted by Crippen LogP contribution is -2.32. The molecule has 2 aromatic rings. The summed E-state index contributed by atoms with van der Waals surface area (Å²) < 4.78 is 25.8. The van der Waals surface area contributed by atoms with Gasteiger partial charge >= 0.3 is 0 Å². The Morgan fingerprint density at radius 3 is 2.65 bits per heavy atom. The molecule has 1 aliphatic rings. The molecule has 2 atom stereocenters. The molecule has 0 amide bonds. The van der Waals surface area contributed by atoms with E-state index in [4.69, 9.17) is 0 Å². The van der Waals surface area contributed by atoms with Gasteiger partial charge in [-0.3, -0.25) is 0 Å². The average molecular weight is 333 g/mol. The Bertz CT molecular complexity index is 765. The lowest BCUT2D eigenvalue weighted by atomic mass is 10.1. The maximum absolute atomic E-state index is 11.9. The Morgan fingerprint density at radius 2 is 2.09 bits per heavy atom. The number of hydrogen-bond donors (Lipinski definition) is 1. The summed E-state index contributed by atoms with van der Waals surface area (Å²) in [5.41, 5.74) is 2.23. The zero-order valence-corrected chi connectivity index (χ0v) is 14.4. The predicted octanol–water partition coefficient (Wildman–Crippen LogP) is 2.41. The van der Waals surface area contributed by atoms with Gasteiger partial charge in [0.25, 0.3) is 0 Å². The quantitative estimate of drug-likeness (QED) is 0.913. The zero-order valence-electron chi connectivity index (χ0n) is 13.6. The van der Waals surface area contributed by atoms with E-state index in [-0.39, 0.29) is 11.3 Å². The van der Waals surface area contributed by atoms with Gasteiger partial charge in [0.1, 0.15) is 5.82 Å². The molecule has 1 aliphatic heterocycles. The summed E-state index contributed by atoms with van der Waals surface area (Å²) in [5.74, 6) is 1.29. The van der Waals surface area contributed by atoms with E-state index in [1.807, 2.05) is 17.7 Å². The van der Waals surface area contributed by atoms with Crippen molar-refractivity contribution in [2.24, 2.45) is 0 Å². The molecule has 1 saturated heterocycles. The SMILES string of the molecule is Cc1nccn1-c1ccc([C@@H](C)NC[C@H]2CCCS2(=O)=O)cc1. The van der Waals surface area contributed by atoms with Gasteiger partial charge in [0, 0.05) is 30.7 Å². The van der Waals surface area contributed by atoms with Crippen molar-refractivity contribution in [1.29, 1.82) is 0 Å². The summed E-state index contributed by atoms with van der Waals surface area (Å²) in [6.07, 6.45) is 5.30. The molecule has 0 aliphatic carbocycles. The third-order valence-corrected chi connectivity index (χ3v) is 6.89. The minimum Gasteiger partial charge on any atom is -0.309 e. The Kier molecular flexibility index (Phi) is 4.55. The van der Waals surface area contributed by atoms with Crippen molar-refractivity contribution in [3.63, 3.8) is 0 Å². The minimum atomic E-state index is -2.88. The largest absolute Gasteiger partial charge is 0.309 e. The fourth-order valence-electron chi connectivity index (χ4n) is 3.09. The van der Waals surface area contributed by atoms with Crippen molar-refractivity contribution in [3.05, 3.63) is 48.0 Å². The van der Waals surface area contributed by atoms with Gasteiger partial charge in [0.2, 0.25) is 0 Å². The molecule has 23 heavy (non-hydrogen) atoms. The Labute approximate surface area is 137 Å². The van der Waals surface area contributed by atoms with Crippen LogP contribution in [0.2, 0.25) is 0 Å². The van der Waals surface area contributed by atoms with Gasteiger partial charge in [-0.2, -0.15) is 0 Å². The Morgan fingerprint density at radius 1 is 1.35 bits per heavy atom. The number of hydrogen-bond acceptors (Lipinski definition) is 4. The third-order valence-electron chi connectivity index (χ3n) is 4.61. The number of nitrogens with one attached hydrogen (secondary N) is 1. The first-order valence-corrected chi connectivity index (χ1v) is 9.74.